The predicted octanol–water partition coefficient (Wildman–Crippen LogP) is 2.11. The van der Waals surface area contributed by atoms with Crippen LogP contribution in [0, 0.1) is 0 Å². The second-order valence-corrected chi connectivity index (χ2v) is 6.64. The number of nitrogens with one attached hydrogen (secondary N) is 1. The van der Waals surface area contributed by atoms with Crippen LogP contribution >= 0.6 is 11.3 Å². The highest BCUT2D eigenvalue weighted by Gasteiger charge is 2.21. The zero-order valence-corrected chi connectivity index (χ0v) is 14.3. The van der Waals surface area contributed by atoms with Crippen molar-refractivity contribution in [3.63, 3.8) is 0 Å². The topological polar surface area (TPSA) is 69.0 Å². The van der Waals surface area contributed by atoms with E-state index < -0.39 is 0 Å². The van der Waals surface area contributed by atoms with Crippen LogP contribution in [0.4, 0.5) is 0 Å². The number of carbonyl (C=O) groups is 1. The molecule has 2 aromatic rings. The third-order valence-electron chi connectivity index (χ3n) is 3.98. The maximum atomic E-state index is 12.2. The van der Waals surface area contributed by atoms with Gasteiger partial charge in [0.2, 0.25) is 5.91 Å². The quantitative estimate of drug-likeness (QED) is 0.878. The van der Waals surface area contributed by atoms with Crippen molar-refractivity contribution in [3.8, 4) is 0 Å². The van der Waals surface area contributed by atoms with E-state index in [0.717, 1.165) is 35.9 Å². The fourth-order valence-corrected chi connectivity index (χ4v) is 3.66. The number of hydrogen-bond donors (Lipinski definition) is 1. The molecular weight excluding hydrogens is 312 g/mol. The lowest BCUT2D eigenvalue weighted by molar-refractivity contribution is -0.121. The van der Waals surface area contributed by atoms with Crippen molar-refractivity contribution in [1.82, 2.24) is 19.9 Å². The Bertz CT molecular complexity index is 667. The molecule has 1 aliphatic heterocycles. The Hall–Kier alpha value is -1.73. The van der Waals surface area contributed by atoms with Gasteiger partial charge in [0.15, 0.2) is 0 Å². The standard InChI is InChI=1S/C16H22N4O2S/c1-3-22-11(2)16-19-13(10-23-16)8-15(21)18-12-4-5-14-17-6-7-20(14)9-12/h6-7,10-12H,3-5,8-9H2,1-2H3,(H,18,21)/t11-,12+/m0/s1. The van der Waals surface area contributed by atoms with E-state index >= 15 is 0 Å². The van der Waals surface area contributed by atoms with Crippen molar-refractivity contribution in [2.24, 2.45) is 0 Å². The molecule has 0 saturated heterocycles. The summed E-state index contributed by atoms with van der Waals surface area (Å²) in [7, 11) is 0. The molecule has 1 aliphatic rings. The molecule has 2 atom stereocenters. The van der Waals surface area contributed by atoms with Crippen LogP contribution in [-0.2, 0) is 28.9 Å². The van der Waals surface area contributed by atoms with Gasteiger partial charge in [0.1, 0.15) is 16.9 Å². The molecule has 3 heterocycles. The molecule has 0 fully saturated rings. The molecule has 1 amide bonds. The zero-order chi connectivity index (χ0) is 16.2. The van der Waals surface area contributed by atoms with Gasteiger partial charge >= 0.3 is 0 Å². The Balaban J connectivity index is 1.52. The van der Waals surface area contributed by atoms with Crippen molar-refractivity contribution in [3.05, 3.63) is 34.3 Å². The summed E-state index contributed by atoms with van der Waals surface area (Å²) in [6, 6.07) is 0.171. The van der Waals surface area contributed by atoms with Crippen LogP contribution in [0.2, 0.25) is 0 Å². The Morgan fingerprint density at radius 1 is 1.61 bits per heavy atom. The number of imidazole rings is 1. The summed E-state index contributed by atoms with van der Waals surface area (Å²) in [5.74, 6) is 1.13. The number of hydrogen-bond acceptors (Lipinski definition) is 5. The number of thiazole rings is 1. The average Bonchev–Trinajstić information content (AvgIpc) is 3.15. The smallest absolute Gasteiger partial charge is 0.226 e. The molecule has 6 nitrogen and oxygen atoms in total. The highest BCUT2D eigenvalue weighted by molar-refractivity contribution is 7.09. The van der Waals surface area contributed by atoms with Crippen LogP contribution in [0.5, 0.6) is 0 Å². The lowest BCUT2D eigenvalue weighted by Crippen LogP contribution is -2.41. The summed E-state index contributed by atoms with van der Waals surface area (Å²) in [4.78, 5) is 21.0. The lowest BCUT2D eigenvalue weighted by Gasteiger charge is -2.24. The molecule has 0 aliphatic carbocycles. The summed E-state index contributed by atoms with van der Waals surface area (Å²) in [6.45, 7) is 5.41. The summed E-state index contributed by atoms with van der Waals surface area (Å²) in [5, 5.41) is 5.98. The van der Waals surface area contributed by atoms with Crippen LogP contribution in [0.3, 0.4) is 0 Å². The van der Waals surface area contributed by atoms with Crippen LogP contribution in [0.1, 0.15) is 42.9 Å². The molecule has 0 aromatic carbocycles. The largest absolute Gasteiger partial charge is 0.372 e. The molecule has 7 heteroatoms. The Kier molecular flexibility index (Phi) is 5.07. The van der Waals surface area contributed by atoms with Crippen LogP contribution in [-0.4, -0.2) is 33.1 Å². The average molecular weight is 334 g/mol. The number of aromatic nitrogens is 3. The van der Waals surface area contributed by atoms with Crippen molar-refractivity contribution >= 4 is 17.2 Å². The maximum Gasteiger partial charge on any atom is 0.226 e. The van der Waals surface area contributed by atoms with Gasteiger partial charge in [-0.3, -0.25) is 4.79 Å². The molecule has 0 saturated carbocycles. The molecule has 124 valence electrons. The highest BCUT2D eigenvalue weighted by Crippen LogP contribution is 2.21. The molecule has 0 radical (unpaired) electrons. The molecule has 0 unspecified atom stereocenters. The second kappa shape index (κ2) is 7.23. The number of nitrogens with zero attached hydrogens (tertiary/aromatic N) is 3. The lowest BCUT2D eigenvalue weighted by atomic mass is 10.1. The number of amides is 1. The van der Waals surface area contributed by atoms with E-state index in [1.165, 1.54) is 0 Å². The predicted molar refractivity (Wildman–Crippen MR) is 88.3 cm³/mol. The first kappa shape index (κ1) is 16.1. The third-order valence-corrected chi connectivity index (χ3v) is 5.03. The van der Waals surface area contributed by atoms with E-state index in [0.29, 0.717) is 13.0 Å². The fraction of sp³-hybridized carbons (Fsp3) is 0.562. The van der Waals surface area contributed by atoms with Gasteiger partial charge in [-0.1, -0.05) is 0 Å². The van der Waals surface area contributed by atoms with Gasteiger partial charge < -0.3 is 14.6 Å². The molecular formula is C16H22N4O2S. The minimum Gasteiger partial charge on any atom is -0.372 e. The van der Waals surface area contributed by atoms with Crippen LogP contribution in [0.25, 0.3) is 0 Å². The first-order chi connectivity index (χ1) is 11.2. The molecule has 0 bridgehead atoms. The molecule has 23 heavy (non-hydrogen) atoms. The maximum absolute atomic E-state index is 12.2. The van der Waals surface area contributed by atoms with E-state index in [-0.39, 0.29) is 18.1 Å². The number of rotatable bonds is 6. The number of fused-ring (bicyclic) bond motifs is 1. The summed E-state index contributed by atoms with van der Waals surface area (Å²) < 4.78 is 7.64. The van der Waals surface area contributed by atoms with E-state index in [9.17, 15) is 4.79 Å². The number of aryl methyl sites for hydroxylation is 1. The third kappa shape index (κ3) is 3.97. The molecule has 1 N–H and O–H groups in total. The fourth-order valence-electron chi connectivity index (χ4n) is 2.84. The first-order valence-corrected chi connectivity index (χ1v) is 8.89. The highest BCUT2D eigenvalue weighted by atomic mass is 32.1. The van der Waals surface area contributed by atoms with Gasteiger partial charge in [-0.25, -0.2) is 9.97 Å². The molecule has 2 aromatic heterocycles. The summed E-state index contributed by atoms with van der Waals surface area (Å²) in [5.41, 5.74) is 0.813. The van der Waals surface area contributed by atoms with Crippen molar-refractivity contribution < 1.29 is 9.53 Å². The monoisotopic (exact) mass is 334 g/mol. The normalized spacial score (nSPS) is 18.4. The summed E-state index contributed by atoms with van der Waals surface area (Å²) >= 11 is 1.55. The van der Waals surface area contributed by atoms with E-state index in [4.69, 9.17) is 4.74 Å². The van der Waals surface area contributed by atoms with E-state index in [1.54, 1.807) is 11.3 Å². The number of ether oxygens (including phenoxy) is 1. The van der Waals surface area contributed by atoms with Gasteiger partial charge in [-0.2, -0.15) is 0 Å². The van der Waals surface area contributed by atoms with Gasteiger partial charge in [-0.05, 0) is 20.3 Å². The van der Waals surface area contributed by atoms with Gasteiger partial charge in [0, 0.05) is 43.4 Å². The van der Waals surface area contributed by atoms with Crippen molar-refractivity contribution in [2.45, 2.75) is 51.8 Å². The van der Waals surface area contributed by atoms with Gasteiger partial charge in [0.05, 0.1) is 12.1 Å². The first-order valence-electron chi connectivity index (χ1n) is 8.01. The Morgan fingerprint density at radius 3 is 3.30 bits per heavy atom. The van der Waals surface area contributed by atoms with Crippen LogP contribution in [0.15, 0.2) is 17.8 Å². The minimum absolute atomic E-state index is 0.0141. The Labute approximate surface area is 139 Å². The number of carbonyl (C=O) groups excluding carboxylic acids is 1. The molecule has 3 rings (SSSR count). The summed E-state index contributed by atoms with van der Waals surface area (Å²) in [6.07, 6.45) is 5.94. The zero-order valence-electron chi connectivity index (χ0n) is 13.5. The van der Waals surface area contributed by atoms with Crippen molar-refractivity contribution in [1.29, 1.82) is 0 Å². The van der Waals surface area contributed by atoms with E-state index in [1.807, 2.05) is 31.6 Å². The second-order valence-electron chi connectivity index (χ2n) is 5.75. The van der Waals surface area contributed by atoms with Gasteiger partial charge in [0.25, 0.3) is 0 Å². The SMILES string of the molecule is CCO[C@@H](C)c1nc(CC(=O)N[C@@H]2CCc3nccn3C2)cs1. The van der Waals surface area contributed by atoms with Gasteiger partial charge in [-0.15, -0.1) is 11.3 Å². The molecule has 0 spiro atoms. The van der Waals surface area contributed by atoms with Crippen LogP contribution < -0.4 is 5.32 Å². The van der Waals surface area contributed by atoms with Crippen molar-refractivity contribution in [2.75, 3.05) is 6.61 Å². The van der Waals surface area contributed by atoms with E-state index in [2.05, 4.69) is 19.9 Å². The Morgan fingerprint density at radius 2 is 2.48 bits per heavy atom. The minimum atomic E-state index is -0.0141.